The molecule has 0 N–H and O–H groups in total. The molecular formula is C20H23FO2S. The Morgan fingerprint density at radius 1 is 1.00 bits per heavy atom. The number of benzene rings is 2. The Morgan fingerprint density at radius 2 is 1.62 bits per heavy atom. The first-order valence-electron chi connectivity index (χ1n) is 8.27. The molecule has 0 unspecified atom stereocenters. The highest BCUT2D eigenvalue weighted by Gasteiger charge is 2.39. The van der Waals surface area contributed by atoms with Gasteiger partial charge in [-0.1, -0.05) is 57.2 Å². The molecular weight excluding hydrogens is 323 g/mol. The van der Waals surface area contributed by atoms with E-state index in [1.807, 2.05) is 24.3 Å². The van der Waals surface area contributed by atoms with Crippen LogP contribution in [0.15, 0.2) is 53.4 Å². The molecule has 0 fully saturated rings. The van der Waals surface area contributed by atoms with Crippen LogP contribution in [0.2, 0.25) is 0 Å². The Kier molecular flexibility index (Phi) is 4.28. The van der Waals surface area contributed by atoms with Crippen molar-refractivity contribution in [2.24, 2.45) is 0 Å². The Labute approximate surface area is 143 Å². The third-order valence-corrected chi connectivity index (χ3v) is 7.03. The predicted molar refractivity (Wildman–Crippen MR) is 94.7 cm³/mol. The summed E-state index contributed by atoms with van der Waals surface area (Å²) < 4.78 is 40.8. The van der Waals surface area contributed by atoms with Gasteiger partial charge in [0.05, 0.1) is 4.90 Å². The number of hydrogen-bond donors (Lipinski definition) is 0. The van der Waals surface area contributed by atoms with Crippen molar-refractivity contribution in [2.45, 2.75) is 55.3 Å². The van der Waals surface area contributed by atoms with E-state index in [4.69, 9.17) is 0 Å². The quantitative estimate of drug-likeness (QED) is 0.784. The van der Waals surface area contributed by atoms with Crippen molar-refractivity contribution in [1.82, 2.24) is 0 Å². The molecule has 0 heterocycles. The smallest absolute Gasteiger partial charge is 0.184 e. The zero-order chi connectivity index (χ0) is 17.5. The zero-order valence-electron chi connectivity index (χ0n) is 14.3. The topological polar surface area (TPSA) is 34.1 Å². The fraction of sp³-hybridized carbons (Fsp3) is 0.400. The molecule has 2 aromatic rings. The van der Waals surface area contributed by atoms with Crippen LogP contribution in [0.3, 0.4) is 0 Å². The highest BCUT2D eigenvalue weighted by Crippen LogP contribution is 2.39. The molecule has 1 aliphatic rings. The van der Waals surface area contributed by atoms with Crippen LogP contribution in [0, 0.1) is 0 Å². The van der Waals surface area contributed by atoms with Gasteiger partial charge in [-0.05, 0) is 47.1 Å². The molecule has 3 rings (SSSR count). The van der Waals surface area contributed by atoms with Gasteiger partial charge in [0, 0.05) is 0 Å². The van der Waals surface area contributed by atoms with E-state index in [0.717, 1.165) is 11.1 Å². The molecule has 1 aliphatic carbocycles. The summed E-state index contributed by atoms with van der Waals surface area (Å²) in [7, 11) is -3.69. The molecule has 2 atom stereocenters. The molecule has 0 aliphatic heterocycles. The van der Waals surface area contributed by atoms with Gasteiger partial charge in [-0.2, -0.15) is 0 Å². The Balaban J connectivity index is 1.94. The first-order valence-corrected chi connectivity index (χ1v) is 9.82. The van der Waals surface area contributed by atoms with E-state index in [1.54, 1.807) is 24.3 Å². The van der Waals surface area contributed by atoms with E-state index < -0.39 is 21.3 Å². The van der Waals surface area contributed by atoms with Gasteiger partial charge in [-0.25, -0.2) is 12.8 Å². The first-order chi connectivity index (χ1) is 11.2. The van der Waals surface area contributed by atoms with Crippen molar-refractivity contribution in [3.63, 3.8) is 0 Å². The van der Waals surface area contributed by atoms with Crippen LogP contribution in [-0.2, 0) is 21.7 Å². The van der Waals surface area contributed by atoms with E-state index in [1.165, 1.54) is 0 Å². The lowest BCUT2D eigenvalue weighted by molar-refractivity contribution is 0.303. The van der Waals surface area contributed by atoms with Crippen LogP contribution >= 0.6 is 0 Å². The van der Waals surface area contributed by atoms with E-state index >= 15 is 0 Å². The molecule has 2 aromatic carbocycles. The molecule has 0 amide bonds. The molecule has 2 nitrogen and oxygen atoms in total. The van der Waals surface area contributed by atoms with Crippen LogP contribution in [0.5, 0.6) is 0 Å². The number of sulfone groups is 1. The van der Waals surface area contributed by atoms with Crippen molar-refractivity contribution in [1.29, 1.82) is 0 Å². The van der Waals surface area contributed by atoms with Crippen LogP contribution < -0.4 is 0 Å². The summed E-state index contributed by atoms with van der Waals surface area (Å²) in [6, 6.07) is 14.1. The summed E-state index contributed by atoms with van der Waals surface area (Å²) in [5.74, 6) is 0. The molecule has 0 saturated carbocycles. The molecule has 24 heavy (non-hydrogen) atoms. The first kappa shape index (κ1) is 17.2. The standard InChI is InChI=1S/C20H23FO2S/c1-20(2,3)15-9-11-16(12-10-15)24(22,23)18-13-8-14-6-4-5-7-17(14)19(18)21/h4-7,9-12,18-19H,8,13H2,1-3H3/t18-,19-/m1/s1. The highest BCUT2D eigenvalue weighted by molar-refractivity contribution is 7.92. The summed E-state index contributed by atoms with van der Waals surface area (Å²) in [5, 5.41) is -1.01. The summed E-state index contributed by atoms with van der Waals surface area (Å²) in [5.41, 5.74) is 2.45. The fourth-order valence-electron chi connectivity index (χ4n) is 3.31. The van der Waals surface area contributed by atoms with Gasteiger partial charge in [0.2, 0.25) is 0 Å². The number of aryl methyl sites for hydroxylation is 1. The van der Waals surface area contributed by atoms with E-state index in [9.17, 15) is 12.8 Å². The molecule has 0 bridgehead atoms. The van der Waals surface area contributed by atoms with Crippen molar-refractivity contribution < 1.29 is 12.8 Å². The average molecular weight is 346 g/mol. The van der Waals surface area contributed by atoms with Gasteiger partial charge in [0.25, 0.3) is 0 Å². The van der Waals surface area contributed by atoms with Gasteiger partial charge in [-0.3, -0.25) is 0 Å². The fourth-order valence-corrected chi connectivity index (χ4v) is 5.06. The monoisotopic (exact) mass is 346 g/mol. The van der Waals surface area contributed by atoms with Gasteiger partial charge in [0.15, 0.2) is 9.84 Å². The molecule has 4 heteroatoms. The van der Waals surface area contributed by atoms with Gasteiger partial charge in [-0.15, -0.1) is 0 Å². The minimum Gasteiger partial charge on any atom is -0.241 e. The summed E-state index contributed by atoms with van der Waals surface area (Å²) in [4.78, 5) is 0.211. The lowest BCUT2D eigenvalue weighted by atomic mass is 9.87. The lowest BCUT2D eigenvalue weighted by Crippen LogP contribution is -2.31. The van der Waals surface area contributed by atoms with E-state index in [-0.39, 0.29) is 10.3 Å². The summed E-state index contributed by atoms with van der Waals surface area (Å²) in [6.45, 7) is 6.23. The second kappa shape index (κ2) is 5.99. The van der Waals surface area contributed by atoms with Crippen molar-refractivity contribution in [3.8, 4) is 0 Å². The molecule has 0 aromatic heterocycles. The maximum atomic E-state index is 14.9. The van der Waals surface area contributed by atoms with Crippen molar-refractivity contribution in [2.75, 3.05) is 0 Å². The van der Waals surface area contributed by atoms with Gasteiger partial charge < -0.3 is 0 Å². The van der Waals surface area contributed by atoms with Crippen molar-refractivity contribution >= 4 is 9.84 Å². The maximum Gasteiger partial charge on any atom is 0.184 e. The number of fused-ring (bicyclic) bond motifs is 1. The Bertz CT molecular complexity index is 833. The molecule has 0 radical (unpaired) electrons. The van der Waals surface area contributed by atoms with E-state index in [2.05, 4.69) is 20.8 Å². The highest BCUT2D eigenvalue weighted by atomic mass is 32.2. The molecule has 0 spiro atoms. The predicted octanol–water partition coefficient (Wildman–Crippen LogP) is 4.78. The van der Waals surface area contributed by atoms with Gasteiger partial charge >= 0.3 is 0 Å². The second-order valence-corrected chi connectivity index (χ2v) is 9.66. The largest absolute Gasteiger partial charge is 0.241 e. The number of hydrogen-bond acceptors (Lipinski definition) is 2. The third-order valence-electron chi connectivity index (χ3n) is 4.82. The van der Waals surface area contributed by atoms with Gasteiger partial charge in [0.1, 0.15) is 11.4 Å². The Morgan fingerprint density at radius 3 is 2.25 bits per heavy atom. The SMILES string of the molecule is CC(C)(C)c1ccc(S(=O)(=O)[C@@H]2CCc3ccccc3[C@H]2F)cc1. The second-order valence-electron chi connectivity index (χ2n) is 7.50. The normalized spacial score (nSPS) is 21.3. The minimum atomic E-state index is -3.69. The zero-order valence-corrected chi connectivity index (χ0v) is 15.1. The lowest BCUT2D eigenvalue weighted by Gasteiger charge is -2.28. The van der Waals surface area contributed by atoms with Crippen LogP contribution in [0.1, 0.15) is 50.1 Å². The number of halogens is 1. The molecule has 0 saturated heterocycles. The Hall–Kier alpha value is -1.68. The number of alkyl halides is 1. The van der Waals surface area contributed by atoms with Crippen LogP contribution in [-0.4, -0.2) is 13.7 Å². The maximum absolute atomic E-state index is 14.9. The van der Waals surface area contributed by atoms with E-state index in [0.29, 0.717) is 18.4 Å². The minimum absolute atomic E-state index is 0.0469. The third kappa shape index (κ3) is 3.00. The van der Waals surface area contributed by atoms with Crippen LogP contribution in [0.4, 0.5) is 4.39 Å². The molecule has 128 valence electrons. The van der Waals surface area contributed by atoms with Crippen molar-refractivity contribution in [3.05, 3.63) is 65.2 Å². The number of rotatable bonds is 2. The summed E-state index contributed by atoms with van der Waals surface area (Å²) >= 11 is 0. The van der Waals surface area contributed by atoms with Crippen LogP contribution in [0.25, 0.3) is 0 Å². The summed E-state index contributed by atoms with van der Waals surface area (Å²) in [6.07, 6.45) is -0.551. The average Bonchev–Trinajstić information content (AvgIpc) is 2.54.